The van der Waals surface area contributed by atoms with Crippen molar-refractivity contribution in [3.8, 4) is 5.88 Å². The Balaban J connectivity index is 0.00000441. The summed E-state index contributed by atoms with van der Waals surface area (Å²) in [5, 5.41) is 6.62. The number of hydrogen-bond donors (Lipinski definition) is 2. The Labute approximate surface area is 151 Å². The lowest BCUT2D eigenvalue weighted by Crippen LogP contribution is -2.47. The van der Waals surface area contributed by atoms with Gasteiger partial charge in [-0.25, -0.2) is 4.98 Å². The van der Waals surface area contributed by atoms with Crippen LogP contribution in [0.25, 0.3) is 0 Å². The van der Waals surface area contributed by atoms with Crippen molar-refractivity contribution in [2.24, 2.45) is 4.99 Å². The second-order valence-electron chi connectivity index (χ2n) is 5.97. The first-order chi connectivity index (χ1) is 9.96. The maximum atomic E-state index is 5.73. The van der Waals surface area contributed by atoms with Crippen molar-refractivity contribution >= 4 is 29.9 Å². The highest BCUT2D eigenvalue weighted by Crippen LogP contribution is 2.14. The smallest absolute Gasteiger partial charge is 0.218 e. The van der Waals surface area contributed by atoms with Crippen LogP contribution in [-0.4, -0.2) is 30.1 Å². The van der Waals surface area contributed by atoms with E-state index in [1.165, 1.54) is 0 Å². The number of guanidine groups is 1. The second kappa shape index (κ2) is 10.6. The normalized spacial score (nSPS) is 11.6. The first kappa shape index (κ1) is 20.9. The molecule has 0 bridgehead atoms. The van der Waals surface area contributed by atoms with E-state index in [2.05, 4.69) is 48.3 Å². The molecule has 2 N–H and O–H groups in total. The zero-order chi connectivity index (χ0) is 15.7. The van der Waals surface area contributed by atoms with Crippen LogP contribution in [0.3, 0.4) is 0 Å². The second-order valence-corrected chi connectivity index (χ2v) is 5.97. The largest absolute Gasteiger partial charge is 0.477 e. The maximum absolute atomic E-state index is 5.73. The molecule has 5 nitrogen and oxygen atoms in total. The van der Waals surface area contributed by atoms with Gasteiger partial charge in [0.15, 0.2) is 5.96 Å². The van der Waals surface area contributed by atoms with Crippen LogP contribution in [-0.2, 0) is 6.54 Å². The minimum Gasteiger partial charge on any atom is -0.477 e. The summed E-state index contributed by atoms with van der Waals surface area (Å²) in [6.45, 7) is 9.78. The van der Waals surface area contributed by atoms with Gasteiger partial charge in [-0.3, -0.25) is 4.99 Å². The summed E-state index contributed by atoms with van der Waals surface area (Å²) >= 11 is 0. The highest BCUT2D eigenvalue weighted by molar-refractivity contribution is 14.0. The number of nitrogens with one attached hydrogen (secondary N) is 2. The monoisotopic (exact) mass is 420 g/mol. The first-order valence-electron chi connectivity index (χ1n) is 7.51. The van der Waals surface area contributed by atoms with Crippen LogP contribution in [0.2, 0.25) is 0 Å². The number of aromatic nitrogens is 1. The standard InChI is InChI=1S/C16H28N4O.HI/c1-6-7-11-21-14-13(9-8-10-18-14)12-19-15(17-5)20-16(2,3)4;/h8-10H,6-7,11-12H2,1-5H3,(H2,17,19,20);1H. The van der Waals surface area contributed by atoms with Crippen molar-refractivity contribution in [3.63, 3.8) is 0 Å². The van der Waals surface area contributed by atoms with Gasteiger partial charge in [0.25, 0.3) is 0 Å². The lowest BCUT2D eigenvalue weighted by atomic mass is 10.1. The van der Waals surface area contributed by atoms with E-state index in [4.69, 9.17) is 4.74 Å². The van der Waals surface area contributed by atoms with Crippen molar-refractivity contribution in [2.75, 3.05) is 13.7 Å². The Hall–Kier alpha value is -1.05. The van der Waals surface area contributed by atoms with E-state index in [0.29, 0.717) is 19.0 Å². The van der Waals surface area contributed by atoms with Gasteiger partial charge in [-0.1, -0.05) is 19.4 Å². The van der Waals surface area contributed by atoms with Crippen molar-refractivity contribution in [1.82, 2.24) is 15.6 Å². The van der Waals surface area contributed by atoms with Crippen molar-refractivity contribution in [2.45, 2.75) is 52.6 Å². The van der Waals surface area contributed by atoms with Gasteiger partial charge in [0, 0.05) is 30.9 Å². The molecule has 0 fully saturated rings. The fraction of sp³-hybridized carbons (Fsp3) is 0.625. The van der Waals surface area contributed by atoms with E-state index in [1.807, 2.05) is 12.1 Å². The lowest BCUT2D eigenvalue weighted by Gasteiger charge is -2.24. The summed E-state index contributed by atoms with van der Waals surface area (Å²) in [6.07, 6.45) is 3.91. The van der Waals surface area contributed by atoms with Gasteiger partial charge in [0.2, 0.25) is 5.88 Å². The van der Waals surface area contributed by atoms with E-state index < -0.39 is 0 Å². The SMILES string of the molecule is CCCCOc1ncccc1CNC(=NC)NC(C)(C)C.I. The zero-order valence-corrected chi connectivity index (χ0v) is 16.6. The number of ether oxygens (including phenoxy) is 1. The van der Waals surface area contributed by atoms with E-state index in [0.717, 1.165) is 24.4 Å². The highest BCUT2D eigenvalue weighted by Gasteiger charge is 2.12. The number of pyridine rings is 1. The summed E-state index contributed by atoms with van der Waals surface area (Å²) < 4.78 is 5.73. The molecular formula is C16H29IN4O. The minimum absolute atomic E-state index is 0. The number of hydrogen-bond acceptors (Lipinski definition) is 3. The van der Waals surface area contributed by atoms with Gasteiger partial charge < -0.3 is 15.4 Å². The Morgan fingerprint density at radius 3 is 2.68 bits per heavy atom. The Kier molecular flexibility index (Phi) is 10.1. The number of unbranched alkanes of at least 4 members (excludes halogenated alkanes) is 1. The third kappa shape index (κ3) is 8.41. The molecule has 22 heavy (non-hydrogen) atoms. The third-order valence-corrected chi connectivity index (χ3v) is 2.75. The molecule has 1 aromatic heterocycles. The molecule has 0 atom stereocenters. The van der Waals surface area contributed by atoms with Crippen LogP contribution in [0.4, 0.5) is 0 Å². The van der Waals surface area contributed by atoms with E-state index >= 15 is 0 Å². The minimum atomic E-state index is -0.0305. The zero-order valence-electron chi connectivity index (χ0n) is 14.3. The number of aliphatic imine (C=N–C) groups is 1. The van der Waals surface area contributed by atoms with Crippen molar-refractivity contribution in [1.29, 1.82) is 0 Å². The molecule has 0 aliphatic heterocycles. The molecule has 0 saturated carbocycles. The molecule has 0 aliphatic rings. The van der Waals surface area contributed by atoms with Crippen molar-refractivity contribution in [3.05, 3.63) is 23.9 Å². The summed E-state index contributed by atoms with van der Waals surface area (Å²) in [7, 11) is 1.77. The number of halogens is 1. The molecule has 0 spiro atoms. The van der Waals surface area contributed by atoms with Crippen LogP contribution in [0.5, 0.6) is 5.88 Å². The molecule has 6 heteroatoms. The number of nitrogens with zero attached hydrogens (tertiary/aromatic N) is 2. The third-order valence-electron chi connectivity index (χ3n) is 2.75. The summed E-state index contributed by atoms with van der Waals surface area (Å²) in [4.78, 5) is 8.53. The Morgan fingerprint density at radius 2 is 2.09 bits per heavy atom. The van der Waals surface area contributed by atoms with Crippen LogP contribution in [0.15, 0.2) is 23.3 Å². The van der Waals surface area contributed by atoms with Gasteiger partial charge in [0.1, 0.15) is 0 Å². The molecule has 0 amide bonds. The Morgan fingerprint density at radius 1 is 1.36 bits per heavy atom. The predicted molar refractivity (Wildman–Crippen MR) is 103 cm³/mol. The quantitative estimate of drug-likeness (QED) is 0.321. The molecule has 0 radical (unpaired) electrons. The lowest BCUT2D eigenvalue weighted by molar-refractivity contribution is 0.294. The van der Waals surface area contributed by atoms with E-state index in [9.17, 15) is 0 Å². The van der Waals surface area contributed by atoms with Gasteiger partial charge in [-0.2, -0.15) is 0 Å². The average Bonchev–Trinajstić information content (AvgIpc) is 2.43. The molecule has 0 aromatic carbocycles. The summed E-state index contributed by atoms with van der Waals surface area (Å²) in [5.74, 6) is 1.47. The Bertz CT molecular complexity index is 458. The molecule has 0 aliphatic carbocycles. The topological polar surface area (TPSA) is 58.5 Å². The number of rotatable bonds is 6. The molecular weight excluding hydrogens is 391 g/mol. The van der Waals surface area contributed by atoms with E-state index in [1.54, 1.807) is 13.2 Å². The molecule has 1 rings (SSSR count). The fourth-order valence-electron chi connectivity index (χ4n) is 1.72. The van der Waals surface area contributed by atoms with E-state index in [-0.39, 0.29) is 29.5 Å². The van der Waals surface area contributed by atoms with Gasteiger partial charge in [0.05, 0.1) is 6.61 Å². The summed E-state index contributed by atoms with van der Waals surface area (Å²) in [6, 6.07) is 3.94. The molecule has 0 unspecified atom stereocenters. The molecule has 126 valence electrons. The summed E-state index contributed by atoms with van der Waals surface area (Å²) in [5.41, 5.74) is 1.00. The molecule has 0 saturated heterocycles. The molecule has 1 aromatic rings. The van der Waals surface area contributed by atoms with Gasteiger partial charge >= 0.3 is 0 Å². The van der Waals surface area contributed by atoms with Gasteiger partial charge in [-0.15, -0.1) is 24.0 Å². The first-order valence-corrected chi connectivity index (χ1v) is 7.51. The van der Waals surface area contributed by atoms with Gasteiger partial charge in [-0.05, 0) is 33.3 Å². The highest BCUT2D eigenvalue weighted by atomic mass is 127. The van der Waals surface area contributed by atoms with Crippen LogP contribution < -0.4 is 15.4 Å². The average molecular weight is 420 g/mol. The maximum Gasteiger partial charge on any atom is 0.218 e. The predicted octanol–water partition coefficient (Wildman–Crippen LogP) is 3.34. The van der Waals surface area contributed by atoms with Crippen LogP contribution in [0, 0.1) is 0 Å². The van der Waals surface area contributed by atoms with Crippen LogP contribution in [0.1, 0.15) is 46.1 Å². The molecule has 1 heterocycles. The van der Waals surface area contributed by atoms with Crippen LogP contribution >= 0.6 is 24.0 Å². The van der Waals surface area contributed by atoms with Crippen molar-refractivity contribution < 1.29 is 4.74 Å². The fourth-order valence-corrected chi connectivity index (χ4v) is 1.72.